The van der Waals surface area contributed by atoms with E-state index in [4.69, 9.17) is 0 Å². The van der Waals surface area contributed by atoms with Crippen molar-refractivity contribution in [2.75, 3.05) is 0 Å². The van der Waals surface area contributed by atoms with Crippen LogP contribution in [-0.4, -0.2) is 11.9 Å². The SMILES string of the molecule is O=C(Cc1ccc(F)cc1)NC1CC1c1ccccc1. The summed E-state index contributed by atoms with van der Waals surface area (Å²) in [6.45, 7) is 0. The number of rotatable bonds is 4. The summed E-state index contributed by atoms with van der Waals surface area (Å²) >= 11 is 0. The zero-order chi connectivity index (χ0) is 13.9. The Labute approximate surface area is 117 Å². The summed E-state index contributed by atoms with van der Waals surface area (Å²) < 4.78 is 12.8. The van der Waals surface area contributed by atoms with Crippen molar-refractivity contribution in [2.24, 2.45) is 0 Å². The maximum absolute atomic E-state index is 12.8. The van der Waals surface area contributed by atoms with Gasteiger partial charge in [-0.15, -0.1) is 0 Å². The molecule has 0 saturated heterocycles. The maximum Gasteiger partial charge on any atom is 0.224 e. The van der Waals surface area contributed by atoms with E-state index in [0.717, 1.165) is 12.0 Å². The smallest absolute Gasteiger partial charge is 0.224 e. The number of carbonyl (C=O) groups is 1. The summed E-state index contributed by atoms with van der Waals surface area (Å²) in [5.74, 6) is 0.161. The van der Waals surface area contributed by atoms with Crippen LogP contribution in [0.25, 0.3) is 0 Å². The molecule has 1 saturated carbocycles. The predicted octanol–water partition coefficient (Wildman–Crippen LogP) is 3.04. The molecule has 0 radical (unpaired) electrons. The molecule has 1 aliphatic rings. The van der Waals surface area contributed by atoms with Gasteiger partial charge in [-0.2, -0.15) is 0 Å². The van der Waals surface area contributed by atoms with Crippen molar-refractivity contribution in [1.82, 2.24) is 5.32 Å². The molecule has 0 aromatic heterocycles. The van der Waals surface area contributed by atoms with E-state index in [9.17, 15) is 9.18 Å². The molecule has 3 heteroatoms. The molecule has 2 aromatic carbocycles. The van der Waals surface area contributed by atoms with E-state index in [1.54, 1.807) is 12.1 Å². The summed E-state index contributed by atoms with van der Waals surface area (Å²) in [5.41, 5.74) is 2.11. The van der Waals surface area contributed by atoms with E-state index in [-0.39, 0.29) is 17.8 Å². The highest BCUT2D eigenvalue weighted by molar-refractivity contribution is 5.79. The Kier molecular flexibility index (Phi) is 3.50. The maximum atomic E-state index is 12.8. The van der Waals surface area contributed by atoms with Crippen molar-refractivity contribution >= 4 is 5.91 Å². The van der Waals surface area contributed by atoms with E-state index >= 15 is 0 Å². The summed E-state index contributed by atoms with van der Waals surface area (Å²) in [7, 11) is 0. The molecule has 2 nitrogen and oxygen atoms in total. The highest BCUT2D eigenvalue weighted by Gasteiger charge is 2.39. The first-order valence-electron chi connectivity index (χ1n) is 6.81. The molecule has 102 valence electrons. The van der Waals surface area contributed by atoms with Gasteiger partial charge >= 0.3 is 0 Å². The van der Waals surface area contributed by atoms with Gasteiger partial charge < -0.3 is 5.32 Å². The molecular formula is C17H16FNO. The summed E-state index contributed by atoms with van der Waals surface area (Å²) in [6, 6.07) is 16.5. The van der Waals surface area contributed by atoms with Crippen LogP contribution in [0.3, 0.4) is 0 Å². The molecule has 20 heavy (non-hydrogen) atoms. The van der Waals surface area contributed by atoms with Gasteiger partial charge in [-0.25, -0.2) is 4.39 Å². The quantitative estimate of drug-likeness (QED) is 0.908. The van der Waals surface area contributed by atoms with Crippen LogP contribution in [0.15, 0.2) is 54.6 Å². The fourth-order valence-electron chi connectivity index (χ4n) is 2.47. The van der Waals surface area contributed by atoms with Crippen molar-refractivity contribution in [1.29, 1.82) is 0 Å². The second-order valence-corrected chi connectivity index (χ2v) is 5.23. The molecule has 0 aliphatic heterocycles. The number of halogens is 1. The Balaban J connectivity index is 1.52. The second kappa shape index (κ2) is 5.45. The lowest BCUT2D eigenvalue weighted by molar-refractivity contribution is -0.120. The first-order valence-corrected chi connectivity index (χ1v) is 6.81. The van der Waals surface area contributed by atoms with Crippen molar-refractivity contribution in [3.8, 4) is 0 Å². The fraction of sp³-hybridized carbons (Fsp3) is 0.235. The van der Waals surface area contributed by atoms with E-state index in [0.29, 0.717) is 12.3 Å². The molecule has 1 aliphatic carbocycles. The third-order valence-corrected chi connectivity index (χ3v) is 3.64. The van der Waals surface area contributed by atoms with Gasteiger partial charge in [-0.1, -0.05) is 42.5 Å². The van der Waals surface area contributed by atoms with Gasteiger partial charge in [0.15, 0.2) is 0 Å². The Hall–Kier alpha value is -2.16. The largest absolute Gasteiger partial charge is 0.352 e. The van der Waals surface area contributed by atoms with Crippen molar-refractivity contribution in [2.45, 2.75) is 24.8 Å². The van der Waals surface area contributed by atoms with Gasteiger partial charge in [0.05, 0.1) is 6.42 Å². The molecule has 0 spiro atoms. The highest BCUT2D eigenvalue weighted by atomic mass is 19.1. The Morgan fingerprint density at radius 3 is 2.50 bits per heavy atom. The molecule has 0 bridgehead atoms. The average molecular weight is 269 g/mol. The van der Waals surface area contributed by atoms with E-state index in [1.807, 2.05) is 18.2 Å². The second-order valence-electron chi connectivity index (χ2n) is 5.23. The minimum atomic E-state index is -0.277. The van der Waals surface area contributed by atoms with Crippen LogP contribution in [0.5, 0.6) is 0 Å². The molecule has 0 heterocycles. The van der Waals surface area contributed by atoms with Crippen LogP contribution in [-0.2, 0) is 11.2 Å². The number of hydrogen-bond donors (Lipinski definition) is 1. The molecule has 1 fully saturated rings. The number of nitrogens with one attached hydrogen (secondary N) is 1. The average Bonchev–Trinajstić information content (AvgIpc) is 3.21. The molecular weight excluding hydrogens is 253 g/mol. The Morgan fingerprint density at radius 2 is 1.80 bits per heavy atom. The lowest BCUT2D eigenvalue weighted by Gasteiger charge is -2.05. The van der Waals surface area contributed by atoms with Crippen molar-refractivity contribution in [3.63, 3.8) is 0 Å². The van der Waals surface area contributed by atoms with Gasteiger partial charge in [-0.05, 0) is 29.7 Å². The molecule has 1 amide bonds. The Bertz CT molecular complexity index is 594. The molecule has 2 unspecified atom stereocenters. The predicted molar refractivity (Wildman–Crippen MR) is 75.8 cm³/mol. The lowest BCUT2D eigenvalue weighted by Crippen LogP contribution is -2.28. The first-order chi connectivity index (χ1) is 9.72. The Morgan fingerprint density at radius 1 is 1.10 bits per heavy atom. The number of hydrogen-bond acceptors (Lipinski definition) is 1. The van der Waals surface area contributed by atoms with Gasteiger partial charge in [-0.3, -0.25) is 4.79 Å². The van der Waals surface area contributed by atoms with Gasteiger partial charge in [0.25, 0.3) is 0 Å². The third-order valence-electron chi connectivity index (χ3n) is 3.64. The van der Waals surface area contributed by atoms with Crippen LogP contribution in [0.4, 0.5) is 4.39 Å². The minimum absolute atomic E-state index is 0.0000364. The van der Waals surface area contributed by atoms with Gasteiger partial charge in [0.2, 0.25) is 5.91 Å². The molecule has 3 rings (SSSR count). The van der Waals surface area contributed by atoms with Gasteiger partial charge in [0, 0.05) is 12.0 Å². The number of carbonyl (C=O) groups excluding carboxylic acids is 1. The van der Waals surface area contributed by atoms with Crippen molar-refractivity contribution < 1.29 is 9.18 Å². The number of amides is 1. The normalized spacial score (nSPS) is 20.4. The summed E-state index contributed by atoms with van der Waals surface area (Å²) in [4.78, 5) is 11.9. The van der Waals surface area contributed by atoms with Crippen LogP contribution in [0, 0.1) is 5.82 Å². The molecule has 2 aromatic rings. The number of benzene rings is 2. The van der Waals surface area contributed by atoms with E-state index in [1.165, 1.54) is 17.7 Å². The topological polar surface area (TPSA) is 29.1 Å². The monoisotopic (exact) mass is 269 g/mol. The minimum Gasteiger partial charge on any atom is -0.352 e. The van der Waals surface area contributed by atoms with Crippen LogP contribution in [0.2, 0.25) is 0 Å². The third kappa shape index (κ3) is 3.05. The lowest BCUT2D eigenvalue weighted by atomic mass is 10.1. The van der Waals surface area contributed by atoms with E-state index in [2.05, 4.69) is 17.4 Å². The first kappa shape index (κ1) is 12.9. The molecule has 1 N–H and O–H groups in total. The fourth-order valence-corrected chi connectivity index (χ4v) is 2.47. The zero-order valence-corrected chi connectivity index (χ0v) is 11.1. The van der Waals surface area contributed by atoms with E-state index < -0.39 is 0 Å². The standard InChI is InChI=1S/C17H16FNO/c18-14-8-6-12(7-9-14)10-17(20)19-16-11-15(16)13-4-2-1-3-5-13/h1-9,15-16H,10-11H2,(H,19,20). The summed E-state index contributed by atoms with van der Waals surface area (Å²) in [5, 5.41) is 3.03. The highest BCUT2D eigenvalue weighted by Crippen LogP contribution is 2.40. The van der Waals surface area contributed by atoms with Crippen molar-refractivity contribution in [3.05, 3.63) is 71.5 Å². The van der Waals surface area contributed by atoms with Crippen LogP contribution >= 0.6 is 0 Å². The summed E-state index contributed by atoms with van der Waals surface area (Å²) in [6.07, 6.45) is 1.30. The van der Waals surface area contributed by atoms with Crippen LogP contribution in [0.1, 0.15) is 23.5 Å². The van der Waals surface area contributed by atoms with Gasteiger partial charge in [0.1, 0.15) is 5.82 Å². The molecule has 2 atom stereocenters. The van der Waals surface area contributed by atoms with Crippen LogP contribution < -0.4 is 5.32 Å². The zero-order valence-electron chi connectivity index (χ0n) is 11.1.